The SMILES string of the molecule is O=C(O)C=Cc1ccc(/C=C/C(=O)O)c2ccccc12. The van der Waals surface area contributed by atoms with Gasteiger partial charge in [-0.05, 0) is 34.1 Å². The average molecular weight is 268 g/mol. The number of carbonyl (C=O) groups is 2. The minimum absolute atomic E-state index is 0.774. The third-order valence-electron chi connectivity index (χ3n) is 2.80. The highest BCUT2D eigenvalue weighted by molar-refractivity contribution is 5.99. The number of benzene rings is 2. The van der Waals surface area contributed by atoms with Crippen LogP contribution in [0.25, 0.3) is 22.9 Å². The maximum atomic E-state index is 10.6. The molecule has 0 fully saturated rings. The van der Waals surface area contributed by atoms with Crippen LogP contribution in [0.3, 0.4) is 0 Å². The van der Waals surface area contributed by atoms with E-state index in [0.717, 1.165) is 34.1 Å². The molecule has 0 unspecified atom stereocenters. The zero-order valence-electron chi connectivity index (χ0n) is 10.5. The summed E-state index contributed by atoms with van der Waals surface area (Å²) in [7, 11) is 0. The van der Waals surface area contributed by atoms with E-state index in [0.29, 0.717) is 0 Å². The molecule has 2 aromatic rings. The van der Waals surface area contributed by atoms with E-state index in [1.807, 2.05) is 24.3 Å². The van der Waals surface area contributed by atoms with E-state index < -0.39 is 11.9 Å². The molecule has 4 heteroatoms. The Morgan fingerprint density at radius 3 is 1.50 bits per heavy atom. The number of fused-ring (bicyclic) bond motifs is 1. The summed E-state index contributed by atoms with van der Waals surface area (Å²) in [5.41, 5.74) is 1.55. The van der Waals surface area contributed by atoms with Crippen molar-refractivity contribution in [1.29, 1.82) is 0 Å². The van der Waals surface area contributed by atoms with E-state index in [4.69, 9.17) is 10.2 Å². The standard InChI is InChI=1S/C16H12O4/c17-15(18)9-7-11-5-6-12(8-10-16(19)20)14-4-2-1-3-13(11)14/h1-10H,(H,17,18)(H,19,20)/b9-7+,10-8?. The molecule has 100 valence electrons. The zero-order valence-corrected chi connectivity index (χ0v) is 10.5. The smallest absolute Gasteiger partial charge is 0.328 e. The van der Waals surface area contributed by atoms with Crippen molar-refractivity contribution in [1.82, 2.24) is 0 Å². The van der Waals surface area contributed by atoms with Gasteiger partial charge in [0.15, 0.2) is 0 Å². The predicted octanol–water partition coefficient (Wildman–Crippen LogP) is 3.04. The third kappa shape index (κ3) is 3.11. The summed E-state index contributed by atoms with van der Waals surface area (Å²) in [5.74, 6) is -2.02. The largest absolute Gasteiger partial charge is 0.478 e. The lowest BCUT2D eigenvalue weighted by molar-refractivity contribution is -0.132. The topological polar surface area (TPSA) is 74.6 Å². The Kier molecular flexibility index (Phi) is 3.96. The summed E-state index contributed by atoms with van der Waals surface area (Å²) in [6.07, 6.45) is 5.20. The van der Waals surface area contributed by atoms with Crippen molar-refractivity contribution in [2.45, 2.75) is 0 Å². The molecule has 0 heterocycles. The van der Waals surface area contributed by atoms with Gasteiger partial charge in [0.05, 0.1) is 0 Å². The Labute approximate surface area is 115 Å². The average Bonchev–Trinajstić information content (AvgIpc) is 2.43. The molecule has 0 aliphatic carbocycles. The fraction of sp³-hybridized carbons (Fsp3) is 0. The lowest BCUT2D eigenvalue weighted by Gasteiger charge is -2.05. The molecule has 0 amide bonds. The lowest BCUT2D eigenvalue weighted by atomic mass is 9.99. The maximum absolute atomic E-state index is 10.6. The molecule has 0 spiro atoms. The Morgan fingerprint density at radius 1 is 0.750 bits per heavy atom. The summed E-state index contributed by atoms with van der Waals surface area (Å²) in [6.45, 7) is 0. The number of aliphatic carboxylic acids is 2. The second-order valence-electron chi connectivity index (χ2n) is 4.13. The van der Waals surface area contributed by atoms with E-state index >= 15 is 0 Å². The van der Waals surface area contributed by atoms with Gasteiger partial charge in [-0.2, -0.15) is 0 Å². The number of carboxylic acids is 2. The summed E-state index contributed by atoms with van der Waals surface area (Å²) in [4.78, 5) is 21.2. The summed E-state index contributed by atoms with van der Waals surface area (Å²) >= 11 is 0. The van der Waals surface area contributed by atoms with E-state index in [1.54, 1.807) is 12.1 Å². The molecule has 2 N–H and O–H groups in total. The molecule has 0 aliphatic heterocycles. The number of rotatable bonds is 4. The predicted molar refractivity (Wildman–Crippen MR) is 77.3 cm³/mol. The Morgan fingerprint density at radius 2 is 1.15 bits per heavy atom. The van der Waals surface area contributed by atoms with E-state index in [2.05, 4.69) is 0 Å². The number of hydrogen-bond acceptors (Lipinski definition) is 2. The fourth-order valence-electron chi connectivity index (χ4n) is 1.96. The fourth-order valence-corrected chi connectivity index (χ4v) is 1.96. The molecular formula is C16H12O4. The van der Waals surface area contributed by atoms with Crippen molar-refractivity contribution in [3.8, 4) is 0 Å². The monoisotopic (exact) mass is 268 g/mol. The normalized spacial score (nSPS) is 11.4. The molecule has 2 rings (SSSR count). The molecule has 0 saturated heterocycles. The first kappa shape index (κ1) is 13.5. The Bertz CT molecular complexity index is 664. The van der Waals surface area contributed by atoms with Crippen LogP contribution in [0.2, 0.25) is 0 Å². The maximum Gasteiger partial charge on any atom is 0.328 e. The van der Waals surface area contributed by atoms with Crippen LogP contribution >= 0.6 is 0 Å². The van der Waals surface area contributed by atoms with E-state index in [-0.39, 0.29) is 0 Å². The molecule has 0 atom stereocenters. The lowest BCUT2D eigenvalue weighted by Crippen LogP contribution is -1.89. The van der Waals surface area contributed by atoms with Crippen LogP contribution in [0.5, 0.6) is 0 Å². The minimum Gasteiger partial charge on any atom is -0.478 e. The van der Waals surface area contributed by atoms with Gasteiger partial charge < -0.3 is 10.2 Å². The van der Waals surface area contributed by atoms with E-state index in [1.165, 1.54) is 12.2 Å². The first-order valence-corrected chi connectivity index (χ1v) is 5.91. The van der Waals surface area contributed by atoms with Gasteiger partial charge in [-0.15, -0.1) is 0 Å². The number of carboxylic acid groups (broad SMARTS) is 2. The summed E-state index contributed by atoms with van der Waals surface area (Å²) in [6, 6.07) is 11.0. The van der Waals surface area contributed by atoms with Gasteiger partial charge in [0.1, 0.15) is 0 Å². The van der Waals surface area contributed by atoms with Crippen molar-refractivity contribution in [3.63, 3.8) is 0 Å². The first-order valence-electron chi connectivity index (χ1n) is 5.91. The molecule has 0 radical (unpaired) electrons. The first-order chi connectivity index (χ1) is 9.58. The molecular weight excluding hydrogens is 256 g/mol. The van der Waals surface area contributed by atoms with Gasteiger partial charge in [-0.3, -0.25) is 0 Å². The van der Waals surface area contributed by atoms with Gasteiger partial charge in [0, 0.05) is 12.2 Å². The molecule has 0 aromatic heterocycles. The van der Waals surface area contributed by atoms with Crippen LogP contribution in [0, 0.1) is 0 Å². The van der Waals surface area contributed by atoms with Crippen molar-refractivity contribution >= 4 is 34.9 Å². The second kappa shape index (κ2) is 5.84. The van der Waals surface area contributed by atoms with Crippen molar-refractivity contribution < 1.29 is 19.8 Å². The van der Waals surface area contributed by atoms with Gasteiger partial charge >= 0.3 is 11.9 Å². The molecule has 4 nitrogen and oxygen atoms in total. The molecule has 2 aromatic carbocycles. The van der Waals surface area contributed by atoms with Crippen molar-refractivity contribution in [2.75, 3.05) is 0 Å². The van der Waals surface area contributed by atoms with Crippen LogP contribution in [-0.2, 0) is 9.59 Å². The quantitative estimate of drug-likeness (QED) is 0.836. The molecule has 20 heavy (non-hydrogen) atoms. The molecule has 0 bridgehead atoms. The van der Waals surface area contributed by atoms with E-state index in [9.17, 15) is 9.59 Å². The van der Waals surface area contributed by atoms with Crippen LogP contribution in [-0.4, -0.2) is 22.2 Å². The van der Waals surface area contributed by atoms with Gasteiger partial charge in [-0.25, -0.2) is 9.59 Å². The summed E-state index contributed by atoms with van der Waals surface area (Å²) < 4.78 is 0. The Balaban J connectivity index is 2.58. The Hall–Kier alpha value is -2.88. The van der Waals surface area contributed by atoms with Crippen LogP contribution in [0.1, 0.15) is 11.1 Å². The second-order valence-corrected chi connectivity index (χ2v) is 4.13. The van der Waals surface area contributed by atoms with Crippen LogP contribution in [0.4, 0.5) is 0 Å². The van der Waals surface area contributed by atoms with Gasteiger partial charge in [0.2, 0.25) is 0 Å². The van der Waals surface area contributed by atoms with Gasteiger partial charge in [-0.1, -0.05) is 36.4 Å². The number of hydrogen-bond donors (Lipinski definition) is 2. The minimum atomic E-state index is -1.01. The van der Waals surface area contributed by atoms with Crippen molar-refractivity contribution in [2.24, 2.45) is 0 Å². The molecule has 0 saturated carbocycles. The summed E-state index contributed by atoms with van der Waals surface area (Å²) in [5, 5.41) is 19.1. The molecule has 0 aliphatic rings. The van der Waals surface area contributed by atoms with Gasteiger partial charge in [0.25, 0.3) is 0 Å². The third-order valence-corrected chi connectivity index (χ3v) is 2.80. The highest BCUT2D eigenvalue weighted by Gasteiger charge is 2.02. The van der Waals surface area contributed by atoms with Crippen LogP contribution < -0.4 is 0 Å². The highest BCUT2D eigenvalue weighted by Crippen LogP contribution is 2.24. The highest BCUT2D eigenvalue weighted by atomic mass is 16.4. The van der Waals surface area contributed by atoms with Crippen LogP contribution in [0.15, 0.2) is 48.6 Å². The van der Waals surface area contributed by atoms with Crippen molar-refractivity contribution in [3.05, 3.63) is 59.7 Å². The zero-order chi connectivity index (χ0) is 14.5.